The van der Waals surface area contributed by atoms with Crippen LogP contribution in [0.2, 0.25) is 0 Å². The van der Waals surface area contributed by atoms with Crippen molar-refractivity contribution in [3.63, 3.8) is 0 Å². The van der Waals surface area contributed by atoms with Crippen LogP contribution in [0.15, 0.2) is 12.7 Å². The maximum atomic E-state index is 3.72. The highest BCUT2D eigenvalue weighted by Crippen LogP contribution is 2.31. The van der Waals surface area contributed by atoms with Crippen LogP contribution in [0.25, 0.3) is 0 Å². The summed E-state index contributed by atoms with van der Waals surface area (Å²) in [5.41, 5.74) is 0. The number of hydrogen-bond acceptors (Lipinski definition) is 3. The Morgan fingerprint density at radius 1 is 1.50 bits per heavy atom. The van der Waals surface area contributed by atoms with E-state index >= 15 is 0 Å². The summed E-state index contributed by atoms with van der Waals surface area (Å²) in [6.45, 7) is 15.2. The van der Waals surface area contributed by atoms with Gasteiger partial charge in [-0.1, -0.05) is 19.9 Å². The Kier molecular flexibility index (Phi) is 5.87. The lowest BCUT2D eigenvalue weighted by Crippen LogP contribution is -2.41. The molecule has 0 amide bonds. The van der Waals surface area contributed by atoms with Gasteiger partial charge >= 0.3 is 0 Å². The zero-order valence-electron chi connectivity index (χ0n) is 11.0. The van der Waals surface area contributed by atoms with Gasteiger partial charge in [0.25, 0.3) is 0 Å². The monoisotopic (exact) mass is 242 g/mol. The first kappa shape index (κ1) is 14.1. The molecule has 0 aromatic rings. The maximum absolute atomic E-state index is 3.72. The first-order valence-electron chi connectivity index (χ1n) is 6.25. The Morgan fingerprint density at radius 2 is 2.25 bits per heavy atom. The molecular weight excluding hydrogens is 216 g/mol. The summed E-state index contributed by atoms with van der Waals surface area (Å²) >= 11 is 2.11. The molecular formula is C13H26N2S. The van der Waals surface area contributed by atoms with Crippen molar-refractivity contribution >= 4 is 11.8 Å². The van der Waals surface area contributed by atoms with Crippen molar-refractivity contribution in [2.75, 3.05) is 31.9 Å². The van der Waals surface area contributed by atoms with Gasteiger partial charge in [-0.15, -0.1) is 6.58 Å². The highest BCUT2D eigenvalue weighted by molar-refractivity contribution is 8.00. The normalized spacial score (nSPS) is 23.7. The van der Waals surface area contributed by atoms with Crippen LogP contribution in [0.5, 0.6) is 0 Å². The molecule has 3 heteroatoms. The van der Waals surface area contributed by atoms with E-state index in [4.69, 9.17) is 0 Å². The van der Waals surface area contributed by atoms with E-state index in [1.54, 1.807) is 0 Å². The van der Waals surface area contributed by atoms with E-state index in [-0.39, 0.29) is 0 Å². The second kappa shape index (κ2) is 6.67. The lowest BCUT2D eigenvalue weighted by Gasteiger charge is -2.28. The summed E-state index contributed by atoms with van der Waals surface area (Å²) in [5, 5.41) is 3.41. The molecule has 0 spiro atoms. The minimum atomic E-state index is 0.461. The average Bonchev–Trinajstić information content (AvgIpc) is 2.39. The molecule has 0 aromatic carbocycles. The second-order valence-corrected chi connectivity index (χ2v) is 6.99. The van der Waals surface area contributed by atoms with Crippen molar-refractivity contribution in [3.8, 4) is 0 Å². The van der Waals surface area contributed by atoms with E-state index in [9.17, 15) is 0 Å². The van der Waals surface area contributed by atoms with Crippen LogP contribution in [0.1, 0.15) is 27.2 Å². The van der Waals surface area contributed by atoms with E-state index in [1.807, 2.05) is 6.08 Å². The van der Waals surface area contributed by atoms with Crippen molar-refractivity contribution in [1.29, 1.82) is 0 Å². The van der Waals surface area contributed by atoms with Crippen LogP contribution in [0.4, 0.5) is 0 Å². The molecule has 0 saturated carbocycles. The molecule has 1 fully saturated rings. The van der Waals surface area contributed by atoms with Crippen molar-refractivity contribution in [3.05, 3.63) is 12.7 Å². The zero-order chi connectivity index (χ0) is 12.0. The largest absolute Gasteiger partial charge is 0.312 e. The molecule has 16 heavy (non-hydrogen) atoms. The summed E-state index contributed by atoms with van der Waals surface area (Å²) in [7, 11) is 0. The number of nitrogens with zero attached hydrogens (tertiary/aromatic N) is 1. The van der Waals surface area contributed by atoms with Gasteiger partial charge in [0.1, 0.15) is 0 Å². The topological polar surface area (TPSA) is 15.3 Å². The smallest absolute Gasteiger partial charge is 0.0192 e. The van der Waals surface area contributed by atoms with Gasteiger partial charge in [0.2, 0.25) is 0 Å². The molecule has 0 aliphatic carbocycles. The van der Waals surface area contributed by atoms with Crippen molar-refractivity contribution in [2.45, 2.75) is 38.0 Å². The molecule has 1 aliphatic heterocycles. The lowest BCUT2D eigenvalue weighted by atomic mass is 10.1. The molecule has 1 aliphatic rings. The molecule has 0 bridgehead atoms. The molecule has 2 nitrogen and oxygen atoms in total. The Balaban J connectivity index is 2.33. The van der Waals surface area contributed by atoms with Crippen LogP contribution in [0.3, 0.4) is 0 Å². The lowest BCUT2D eigenvalue weighted by molar-refractivity contribution is 0.214. The first-order valence-corrected chi connectivity index (χ1v) is 7.23. The molecule has 1 N–H and O–H groups in total. The predicted molar refractivity (Wildman–Crippen MR) is 75.3 cm³/mol. The summed E-state index contributed by atoms with van der Waals surface area (Å²) in [6, 6.07) is 0.634. The van der Waals surface area contributed by atoms with Gasteiger partial charge in [-0.3, -0.25) is 4.90 Å². The highest BCUT2D eigenvalue weighted by atomic mass is 32.2. The van der Waals surface area contributed by atoms with Crippen molar-refractivity contribution in [1.82, 2.24) is 10.2 Å². The van der Waals surface area contributed by atoms with Gasteiger partial charge in [0.05, 0.1) is 0 Å². The average molecular weight is 242 g/mol. The molecule has 1 unspecified atom stereocenters. The Labute approximate surface area is 105 Å². The van der Waals surface area contributed by atoms with Crippen LogP contribution in [-0.4, -0.2) is 47.6 Å². The first-order chi connectivity index (χ1) is 7.55. The Hall–Kier alpha value is 0.0100. The van der Waals surface area contributed by atoms with Gasteiger partial charge in [0.15, 0.2) is 0 Å². The van der Waals surface area contributed by atoms with Gasteiger partial charge in [-0.25, -0.2) is 0 Å². The quantitative estimate of drug-likeness (QED) is 0.588. The number of thioether (sulfide) groups is 1. The fraction of sp³-hybridized carbons (Fsp3) is 0.846. The highest BCUT2D eigenvalue weighted by Gasteiger charge is 2.25. The maximum Gasteiger partial charge on any atom is 0.0192 e. The fourth-order valence-corrected chi connectivity index (χ4v) is 3.11. The molecule has 1 saturated heterocycles. The third kappa shape index (κ3) is 4.89. The number of hydrogen-bond donors (Lipinski definition) is 1. The number of nitrogens with one attached hydrogen (secondary N) is 1. The fourth-order valence-electron chi connectivity index (χ4n) is 2.00. The molecule has 1 atom stereocenters. The molecule has 0 aromatic heterocycles. The van der Waals surface area contributed by atoms with Crippen LogP contribution in [-0.2, 0) is 0 Å². The Morgan fingerprint density at radius 3 is 2.94 bits per heavy atom. The SMILES string of the molecule is C=CCNCC(C)N1CCSC(C)(C)CC1. The summed E-state index contributed by atoms with van der Waals surface area (Å²) in [6.07, 6.45) is 3.22. The van der Waals surface area contributed by atoms with Gasteiger partial charge < -0.3 is 5.32 Å². The van der Waals surface area contributed by atoms with Gasteiger partial charge in [-0.05, 0) is 19.9 Å². The second-order valence-electron chi connectivity index (χ2n) is 5.19. The van der Waals surface area contributed by atoms with Crippen LogP contribution < -0.4 is 5.32 Å². The Bertz CT molecular complexity index is 216. The third-order valence-corrected chi connectivity index (χ3v) is 4.60. The molecule has 94 valence electrons. The molecule has 1 heterocycles. The number of rotatable bonds is 5. The van der Waals surface area contributed by atoms with Crippen molar-refractivity contribution in [2.24, 2.45) is 0 Å². The van der Waals surface area contributed by atoms with Crippen LogP contribution >= 0.6 is 11.8 Å². The van der Waals surface area contributed by atoms with Gasteiger partial charge in [-0.2, -0.15) is 11.8 Å². The summed E-state index contributed by atoms with van der Waals surface area (Å²) in [5.74, 6) is 1.26. The third-order valence-electron chi connectivity index (χ3n) is 3.22. The van der Waals surface area contributed by atoms with E-state index in [0.29, 0.717) is 10.8 Å². The minimum Gasteiger partial charge on any atom is -0.312 e. The van der Waals surface area contributed by atoms with E-state index < -0.39 is 0 Å². The molecule has 0 radical (unpaired) electrons. The molecule has 1 rings (SSSR count). The van der Waals surface area contributed by atoms with E-state index in [2.05, 4.69) is 49.3 Å². The predicted octanol–water partition coefficient (Wildman–Crippen LogP) is 2.37. The van der Waals surface area contributed by atoms with E-state index in [0.717, 1.165) is 13.1 Å². The summed E-state index contributed by atoms with van der Waals surface area (Å²) < 4.78 is 0.461. The van der Waals surface area contributed by atoms with Gasteiger partial charge in [0, 0.05) is 36.2 Å². The zero-order valence-corrected chi connectivity index (χ0v) is 11.8. The van der Waals surface area contributed by atoms with E-state index in [1.165, 1.54) is 25.3 Å². The minimum absolute atomic E-state index is 0.461. The standard InChI is InChI=1S/C13H26N2S/c1-5-7-14-11-12(2)15-8-6-13(3,4)16-10-9-15/h5,12,14H,1,6-11H2,2-4H3. The summed E-state index contributed by atoms with van der Waals surface area (Å²) in [4.78, 5) is 2.61. The van der Waals surface area contributed by atoms with Crippen molar-refractivity contribution < 1.29 is 0 Å². The van der Waals surface area contributed by atoms with Crippen LogP contribution in [0, 0.1) is 0 Å².